The fourth-order valence-electron chi connectivity index (χ4n) is 2.91. The molecule has 2 aliphatic heterocycles. The van der Waals surface area contributed by atoms with E-state index in [2.05, 4.69) is 5.10 Å². The van der Waals surface area contributed by atoms with Crippen LogP contribution in [-0.4, -0.2) is 61.0 Å². The Morgan fingerprint density at radius 2 is 1.93 bits per heavy atom. The highest BCUT2D eigenvalue weighted by Gasteiger charge is 2.37. The van der Waals surface area contributed by atoms with Crippen LogP contribution in [0.2, 0.25) is 5.02 Å². The molecular weight excluding hydrogens is 396 g/mol. The van der Waals surface area contributed by atoms with Crippen molar-refractivity contribution < 1.29 is 27.5 Å². The predicted molar refractivity (Wildman–Crippen MR) is 97.3 cm³/mol. The van der Waals surface area contributed by atoms with Crippen molar-refractivity contribution in [1.82, 2.24) is 5.01 Å². The lowest BCUT2D eigenvalue weighted by Gasteiger charge is -2.27. The molecule has 3 rings (SSSR count). The second-order valence-electron chi connectivity index (χ2n) is 6.35. The van der Waals surface area contributed by atoms with Gasteiger partial charge in [0, 0.05) is 23.4 Å². The number of Topliss-reactive ketones (excluding diaryl/α,β-unsaturated/α-hetero) is 1. The Kier molecular flexibility index (Phi) is 5.61. The van der Waals surface area contributed by atoms with Gasteiger partial charge in [0.1, 0.15) is 5.71 Å². The number of amides is 1. The summed E-state index contributed by atoms with van der Waals surface area (Å²) in [7, 11) is -3.19. The van der Waals surface area contributed by atoms with Crippen LogP contribution in [0.3, 0.4) is 0 Å². The van der Waals surface area contributed by atoms with Crippen LogP contribution in [0.15, 0.2) is 29.4 Å². The van der Waals surface area contributed by atoms with E-state index >= 15 is 0 Å². The predicted octanol–water partition coefficient (Wildman–Crippen LogP) is 1.23. The van der Waals surface area contributed by atoms with Gasteiger partial charge in [-0.05, 0) is 30.7 Å². The quantitative estimate of drug-likeness (QED) is 0.531. The van der Waals surface area contributed by atoms with E-state index in [9.17, 15) is 22.8 Å². The zero-order valence-electron chi connectivity index (χ0n) is 14.3. The number of hydrogen-bond acceptors (Lipinski definition) is 7. The van der Waals surface area contributed by atoms with E-state index < -0.39 is 34.2 Å². The Hall–Kier alpha value is -2.26. The summed E-state index contributed by atoms with van der Waals surface area (Å²) < 4.78 is 28.2. The minimum Gasteiger partial charge on any atom is -0.453 e. The highest BCUT2D eigenvalue weighted by molar-refractivity contribution is 7.91. The zero-order valence-corrected chi connectivity index (χ0v) is 15.8. The second-order valence-corrected chi connectivity index (χ2v) is 9.01. The van der Waals surface area contributed by atoms with Crippen LogP contribution in [0.4, 0.5) is 0 Å². The van der Waals surface area contributed by atoms with E-state index in [1.807, 2.05) is 0 Å². The van der Waals surface area contributed by atoms with Crippen LogP contribution in [0.25, 0.3) is 0 Å². The van der Waals surface area contributed by atoms with Crippen molar-refractivity contribution in [2.75, 3.05) is 18.1 Å². The molecule has 0 radical (unpaired) electrons. The van der Waals surface area contributed by atoms with E-state index in [-0.39, 0.29) is 42.4 Å². The molecule has 2 aliphatic rings. The number of nitrogens with zero attached hydrogens (tertiary/aromatic N) is 2. The third-order valence-corrected chi connectivity index (χ3v) is 6.35. The molecule has 0 bridgehead atoms. The number of esters is 1. The molecule has 0 aromatic heterocycles. The number of ether oxygens (including phenoxy) is 1. The molecule has 144 valence electrons. The first-order valence-electron chi connectivity index (χ1n) is 8.31. The van der Waals surface area contributed by atoms with Crippen molar-refractivity contribution in [3.05, 3.63) is 34.9 Å². The van der Waals surface area contributed by atoms with Crippen molar-refractivity contribution in [3.63, 3.8) is 0 Å². The maximum Gasteiger partial charge on any atom is 0.354 e. The molecule has 0 saturated carbocycles. The van der Waals surface area contributed by atoms with Crippen LogP contribution in [0.5, 0.6) is 0 Å². The van der Waals surface area contributed by atoms with Crippen LogP contribution < -0.4 is 0 Å². The average molecular weight is 413 g/mol. The Morgan fingerprint density at radius 1 is 1.22 bits per heavy atom. The normalized spacial score (nSPS) is 21.7. The maximum atomic E-state index is 12.2. The SMILES string of the molecule is O=C(OCC(=O)c1ccc(Cl)cc1)C1=NN([C@H]2CCS(=O)(=O)C2)C(=O)CC1. The summed E-state index contributed by atoms with van der Waals surface area (Å²) >= 11 is 5.76. The smallest absolute Gasteiger partial charge is 0.354 e. The number of hydrazone groups is 1. The van der Waals surface area contributed by atoms with Gasteiger partial charge in [0.05, 0.1) is 17.5 Å². The average Bonchev–Trinajstić information content (AvgIpc) is 3.00. The fourth-order valence-corrected chi connectivity index (χ4v) is 4.72. The fraction of sp³-hybridized carbons (Fsp3) is 0.412. The molecular formula is C17H17ClN2O6S. The lowest BCUT2D eigenvalue weighted by atomic mass is 10.1. The van der Waals surface area contributed by atoms with Crippen LogP contribution >= 0.6 is 11.6 Å². The van der Waals surface area contributed by atoms with Crippen LogP contribution in [0, 0.1) is 0 Å². The monoisotopic (exact) mass is 412 g/mol. The number of benzene rings is 1. The summed E-state index contributed by atoms with van der Waals surface area (Å²) in [6.45, 7) is -0.467. The molecule has 1 aromatic rings. The van der Waals surface area contributed by atoms with Gasteiger partial charge in [-0.2, -0.15) is 5.10 Å². The number of carbonyl (C=O) groups excluding carboxylic acids is 3. The van der Waals surface area contributed by atoms with Crippen molar-refractivity contribution in [2.45, 2.75) is 25.3 Å². The molecule has 0 spiro atoms. The molecule has 0 aliphatic carbocycles. The molecule has 1 saturated heterocycles. The molecule has 1 atom stereocenters. The Morgan fingerprint density at radius 3 is 2.56 bits per heavy atom. The standard InChI is InChI=1S/C17H17ClN2O6S/c18-12-3-1-11(2-4-12)15(21)9-26-17(23)14-5-6-16(22)20(19-14)13-7-8-27(24,25)10-13/h1-4,13H,5-10H2/t13-/m0/s1. The highest BCUT2D eigenvalue weighted by Crippen LogP contribution is 2.22. The highest BCUT2D eigenvalue weighted by atomic mass is 35.5. The maximum absolute atomic E-state index is 12.2. The van der Waals surface area contributed by atoms with Crippen molar-refractivity contribution >= 4 is 44.8 Å². The number of rotatable bonds is 5. The number of halogens is 1. The summed E-state index contributed by atoms with van der Waals surface area (Å²) in [6, 6.07) is 5.60. The topological polar surface area (TPSA) is 110 Å². The first-order chi connectivity index (χ1) is 12.7. The Balaban J connectivity index is 1.63. The van der Waals surface area contributed by atoms with E-state index in [1.54, 1.807) is 12.1 Å². The van der Waals surface area contributed by atoms with Gasteiger partial charge in [-0.15, -0.1) is 0 Å². The molecule has 8 nitrogen and oxygen atoms in total. The third-order valence-electron chi connectivity index (χ3n) is 4.35. The van der Waals surface area contributed by atoms with E-state index in [1.165, 1.54) is 12.1 Å². The van der Waals surface area contributed by atoms with Crippen molar-refractivity contribution in [1.29, 1.82) is 0 Å². The summed E-state index contributed by atoms with van der Waals surface area (Å²) in [6.07, 6.45) is 0.410. The molecule has 1 amide bonds. The molecule has 1 aromatic carbocycles. The van der Waals surface area contributed by atoms with Gasteiger partial charge in [0.15, 0.2) is 22.2 Å². The molecule has 10 heteroatoms. The van der Waals surface area contributed by atoms with Gasteiger partial charge in [-0.1, -0.05) is 11.6 Å². The molecule has 1 fully saturated rings. The van der Waals surface area contributed by atoms with Gasteiger partial charge in [-0.25, -0.2) is 18.2 Å². The van der Waals surface area contributed by atoms with Gasteiger partial charge in [-0.3, -0.25) is 9.59 Å². The molecule has 27 heavy (non-hydrogen) atoms. The summed E-state index contributed by atoms with van der Waals surface area (Å²) in [5.41, 5.74) is 0.355. The number of carbonyl (C=O) groups is 3. The molecule has 0 unspecified atom stereocenters. The van der Waals surface area contributed by atoms with Crippen molar-refractivity contribution in [2.24, 2.45) is 5.10 Å². The van der Waals surface area contributed by atoms with E-state index in [4.69, 9.17) is 16.3 Å². The number of sulfone groups is 1. The number of hydrogen-bond donors (Lipinski definition) is 0. The van der Waals surface area contributed by atoms with Gasteiger partial charge in [0.2, 0.25) is 5.91 Å². The first-order valence-corrected chi connectivity index (χ1v) is 10.5. The second kappa shape index (κ2) is 7.77. The lowest BCUT2D eigenvalue weighted by molar-refractivity contribution is -0.136. The minimum absolute atomic E-state index is 0.00260. The van der Waals surface area contributed by atoms with Gasteiger partial charge >= 0.3 is 5.97 Å². The van der Waals surface area contributed by atoms with Crippen LogP contribution in [-0.2, 0) is 24.2 Å². The summed E-state index contributed by atoms with van der Waals surface area (Å²) in [5.74, 6) is -1.70. The lowest BCUT2D eigenvalue weighted by Crippen LogP contribution is -2.42. The summed E-state index contributed by atoms with van der Waals surface area (Å²) in [4.78, 5) is 36.3. The Labute approximate surface area is 161 Å². The first kappa shape index (κ1) is 19.5. The third kappa shape index (κ3) is 4.72. The van der Waals surface area contributed by atoms with Gasteiger partial charge in [0.25, 0.3) is 0 Å². The zero-order chi connectivity index (χ0) is 19.6. The summed E-state index contributed by atoms with van der Waals surface area (Å²) in [5, 5.41) is 5.57. The van der Waals surface area contributed by atoms with Gasteiger partial charge < -0.3 is 4.74 Å². The van der Waals surface area contributed by atoms with Crippen LogP contribution in [0.1, 0.15) is 29.6 Å². The Bertz CT molecular complexity index is 910. The molecule has 0 N–H and O–H groups in total. The minimum atomic E-state index is -3.19. The molecule has 2 heterocycles. The van der Waals surface area contributed by atoms with E-state index in [0.717, 1.165) is 5.01 Å². The number of ketones is 1. The largest absolute Gasteiger partial charge is 0.453 e. The van der Waals surface area contributed by atoms with E-state index in [0.29, 0.717) is 10.6 Å². The van der Waals surface area contributed by atoms with Crippen molar-refractivity contribution in [3.8, 4) is 0 Å².